The molecule has 0 radical (unpaired) electrons. The monoisotopic (exact) mass is 472 g/mol. The summed E-state index contributed by atoms with van der Waals surface area (Å²) in [5, 5.41) is 0. The van der Waals surface area contributed by atoms with Gasteiger partial charge in [-0.05, 0) is 35.0 Å². The summed E-state index contributed by atoms with van der Waals surface area (Å²) in [6, 6.07) is 22.0. The number of rotatable bonds is 8. The van der Waals surface area contributed by atoms with Crippen LogP contribution in [0.2, 0.25) is 0 Å². The molecule has 2 aromatic carbocycles. The summed E-state index contributed by atoms with van der Waals surface area (Å²) in [7, 11) is 0.511. The molecule has 0 atom stereocenters. The van der Waals surface area contributed by atoms with Crippen molar-refractivity contribution in [2.24, 2.45) is 0 Å². The van der Waals surface area contributed by atoms with E-state index >= 15 is 0 Å². The fourth-order valence-corrected chi connectivity index (χ4v) is 9.90. The summed E-state index contributed by atoms with van der Waals surface area (Å²) >= 11 is 0. The van der Waals surface area contributed by atoms with Crippen LogP contribution >= 0.6 is 15.8 Å². The quantitative estimate of drug-likeness (QED) is 0.205. The van der Waals surface area contributed by atoms with Gasteiger partial charge < -0.3 is 18.2 Å². The summed E-state index contributed by atoms with van der Waals surface area (Å²) in [5.74, 6) is 0. The van der Waals surface area contributed by atoms with Crippen molar-refractivity contribution in [3.8, 4) is 11.1 Å². The van der Waals surface area contributed by atoms with Gasteiger partial charge in [-0.15, -0.1) is 21.4 Å². The normalized spacial score (nSPS) is 11.2. The van der Waals surface area contributed by atoms with E-state index in [1.807, 2.05) is 30.3 Å². The molecule has 2 rings (SSSR count). The average molecular weight is 473 g/mol. The second kappa shape index (κ2) is 15.6. The van der Waals surface area contributed by atoms with E-state index in [4.69, 9.17) is 0 Å². The van der Waals surface area contributed by atoms with Gasteiger partial charge in [-0.25, -0.2) is 5.56 Å². The van der Waals surface area contributed by atoms with Gasteiger partial charge in [-0.1, -0.05) is 85.7 Å². The van der Waals surface area contributed by atoms with Crippen LogP contribution < -0.4 is 0 Å². The molecule has 0 bridgehead atoms. The first kappa shape index (κ1) is 28.8. The molecule has 0 amide bonds. The van der Waals surface area contributed by atoms with E-state index in [1.165, 1.54) is 17.9 Å². The largest absolute Gasteiger partial charge is 2.00 e. The average Bonchev–Trinajstić information content (AvgIpc) is 2.66. The Kier molecular flexibility index (Phi) is 15.5. The molecule has 0 spiro atoms. The molecule has 29 heavy (non-hydrogen) atoms. The third-order valence-corrected chi connectivity index (χ3v) is 12.2. The molecule has 0 aliphatic heterocycles. The van der Waals surface area contributed by atoms with E-state index in [0.717, 1.165) is 28.2 Å². The van der Waals surface area contributed by atoms with Crippen molar-refractivity contribution in [1.82, 2.24) is 0 Å². The van der Waals surface area contributed by atoms with E-state index in [1.54, 1.807) is 6.07 Å². The zero-order valence-electron chi connectivity index (χ0n) is 19.6. The van der Waals surface area contributed by atoms with Gasteiger partial charge in [0.15, 0.2) is 0 Å². The molecule has 0 nitrogen and oxygen atoms in total. The minimum atomic E-state index is 0. The molecule has 164 valence electrons. The van der Waals surface area contributed by atoms with E-state index in [0.29, 0.717) is 0 Å². The molecular weight excluding hydrogens is 433 g/mol. The van der Waals surface area contributed by atoms with Crippen LogP contribution in [-0.2, 0) is 16.5 Å². The number of benzene rings is 2. The Morgan fingerprint density at radius 1 is 0.621 bits per heavy atom. The van der Waals surface area contributed by atoms with Crippen LogP contribution in [0.25, 0.3) is 11.1 Å². The van der Waals surface area contributed by atoms with E-state index in [2.05, 4.69) is 79.7 Å². The van der Waals surface area contributed by atoms with Gasteiger partial charge in [0.1, 0.15) is 0 Å². The van der Waals surface area contributed by atoms with Gasteiger partial charge in [0, 0.05) is 0 Å². The van der Waals surface area contributed by atoms with Crippen molar-refractivity contribution in [2.45, 2.75) is 78.0 Å². The summed E-state index contributed by atoms with van der Waals surface area (Å²) in [4.78, 5) is 0. The predicted molar refractivity (Wildman–Crippen MR) is 134 cm³/mol. The first-order valence-electron chi connectivity index (χ1n) is 10.7. The van der Waals surface area contributed by atoms with Gasteiger partial charge in [0.25, 0.3) is 0 Å². The molecule has 0 saturated heterocycles. The van der Waals surface area contributed by atoms with Crippen LogP contribution in [0.5, 0.6) is 0 Å². The second-order valence-corrected chi connectivity index (χ2v) is 15.5. The Morgan fingerprint density at radius 3 is 1.34 bits per heavy atom. The topological polar surface area (TPSA) is 0 Å². The minimum Gasteiger partial charge on any atom is -0.358 e. The fraction of sp³-hybridized carbons (Fsp3) is 0.538. The molecule has 0 saturated carbocycles. The zero-order chi connectivity index (χ0) is 21.1. The van der Waals surface area contributed by atoms with E-state index < -0.39 is 0 Å². The maximum absolute atomic E-state index is 3.00. The van der Waals surface area contributed by atoms with Crippen molar-refractivity contribution in [3.63, 3.8) is 0 Å². The van der Waals surface area contributed by atoms with Crippen LogP contribution in [0.3, 0.4) is 0 Å². The van der Waals surface area contributed by atoms with Gasteiger partial charge in [0.05, 0.1) is 0 Å². The molecular formula is C26H40NiP2. The SMILES string of the molecule is CC(C)P(CCP(C(C)C)C(C)C)C(C)C.[Ni+2].[c-]1c[c-]cc(-c2ccccc2)c1. The van der Waals surface area contributed by atoms with Crippen LogP contribution in [-0.4, -0.2) is 35.0 Å². The maximum atomic E-state index is 3.00. The Bertz CT molecular complexity index is 550. The number of hydrogen-bond acceptors (Lipinski definition) is 0. The summed E-state index contributed by atoms with van der Waals surface area (Å²) in [5.41, 5.74) is 6.01. The first-order chi connectivity index (χ1) is 13.2. The molecule has 0 N–H and O–H groups in total. The summed E-state index contributed by atoms with van der Waals surface area (Å²) in [6.45, 7) is 19.3. The molecule has 0 fully saturated rings. The van der Waals surface area contributed by atoms with Crippen LogP contribution in [0.15, 0.2) is 48.5 Å². The van der Waals surface area contributed by atoms with Gasteiger partial charge in [-0.3, -0.25) is 12.1 Å². The van der Waals surface area contributed by atoms with Crippen molar-refractivity contribution >= 4 is 15.8 Å². The van der Waals surface area contributed by atoms with Crippen molar-refractivity contribution < 1.29 is 16.5 Å². The predicted octanol–water partition coefficient (Wildman–Crippen LogP) is 8.54. The molecule has 0 aliphatic rings. The van der Waals surface area contributed by atoms with Gasteiger partial charge in [0.2, 0.25) is 0 Å². The smallest absolute Gasteiger partial charge is 0.358 e. The Hall–Kier alpha value is -0.206. The van der Waals surface area contributed by atoms with Crippen LogP contribution in [0.1, 0.15) is 55.4 Å². The van der Waals surface area contributed by atoms with Crippen molar-refractivity contribution in [2.75, 3.05) is 12.3 Å². The zero-order valence-corrected chi connectivity index (χ0v) is 22.3. The summed E-state index contributed by atoms with van der Waals surface area (Å²) in [6.07, 6.45) is 3.01. The third kappa shape index (κ3) is 11.1. The van der Waals surface area contributed by atoms with Gasteiger partial charge >= 0.3 is 16.5 Å². The van der Waals surface area contributed by atoms with E-state index in [9.17, 15) is 0 Å². The molecule has 0 heterocycles. The third-order valence-electron chi connectivity index (χ3n) is 5.02. The van der Waals surface area contributed by atoms with Crippen molar-refractivity contribution in [1.29, 1.82) is 0 Å². The standard InChI is InChI=1S/C14H32P2.C12H8.Ni/c1-11(2)15(12(3)4)9-10-16(13(5)6)14(7)8;1-3-7-11(8-4-1)12-9-5-2-6-10-12;/h11-14H,9-10H2,1-8H3;1-4,7-10H;/q;-2;+2. The Labute approximate surface area is 194 Å². The Morgan fingerprint density at radius 2 is 1.00 bits per heavy atom. The van der Waals surface area contributed by atoms with Crippen molar-refractivity contribution in [3.05, 3.63) is 60.7 Å². The molecule has 2 aromatic rings. The second-order valence-electron chi connectivity index (χ2n) is 8.44. The van der Waals surface area contributed by atoms with Gasteiger partial charge in [-0.2, -0.15) is 0 Å². The fourth-order valence-electron chi connectivity index (χ4n) is 3.61. The van der Waals surface area contributed by atoms with Crippen LogP contribution in [0.4, 0.5) is 0 Å². The maximum Gasteiger partial charge on any atom is 2.00 e. The number of hydrogen-bond donors (Lipinski definition) is 0. The van der Waals surface area contributed by atoms with Crippen LogP contribution in [0, 0.1) is 12.1 Å². The van der Waals surface area contributed by atoms with E-state index in [-0.39, 0.29) is 32.3 Å². The Balaban J connectivity index is 0.000000537. The minimum absolute atomic E-state index is 0. The molecule has 3 heteroatoms. The summed E-state index contributed by atoms with van der Waals surface area (Å²) < 4.78 is 0. The molecule has 0 aromatic heterocycles. The first-order valence-corrected chi connectivity index (χ1v) is 14.0. The molecule has 0 unspecified atom stereocenters. The molecule has 0 aliphatic carbocycles.